The second kappa shape index (κ2) is 6.22. The summed E-state index contributed by atoms with van der Waals surface area (Å²) >= 11 is 8.53. The van der Waals surface area contributed by atoms with Crippen LogP contribution in [0, 0.1) is 10.5 Å². The molecule has 132 valence electrons. The van der Waals surface area contributed by atoms with Crippen LogP contribution in [0.4, 0.5) is 0 Å². The third-order valence-corrected chi connectivity index (χ3v) is 9.23. The van der Waals surface area contributed by atoms with E-state index in [-0.39, 0.29) is 6.04 Å². The number of rotatable bonds is 2. The van der Waals surface area contributed by atoms with Crippen LogP contribution >= 0.6 is 34.2 Å². The highest BCUT2D eigenvalue weighted by molar-refractivity contribution is 14.1. The van der Waals surface area contributed by atoms with Crippen molar-refractivity contribution in [1.82, 2.24) is 5.32 Å². The molecule has 2 aliphatic rings. The van der Waals surface area contributed by atoms with Gasteiger partial charge in [0.2, 0.25) is 0 Å². The van der Waals surface area contributed by atoms with Crippen LogP contribution < -0.4 is 5.32 Å². The Hall–Kier alpha value is -0.630. The summed E-state index contributed by atoms with van der Waals surface area (Å²) in [5.41, 5.74) is 3.01. The van der Waals surface area contributed by atoms with E-state index in [1.165, 1.54) is 0 Å². The number of benzene rings is 2. The lowest BCUT2D eigenvalue weighted by Crippen LogP contribution is -2.49. The number of nitrogens with one attached hydrogen (secondary N) is 1. The SMILES string of the molecule is Cc1ccc(S(=O)(=O)C23CCNC2CCc2cc(I)ccc23)cc1Cl. The van der Waals surface area contributed by atoms with E-state index in [0.29, 0.717) is 16.3 Å². The van der Waals surface area contributed by atoms with Crippen molar-refractivity contribution in [2.45, 2.75) is 41.9 Å². The summed E-state index contributed by atoms with van der Waals surface area (Å²) in [6.07, 6.45) is 2.35. The van der Waals surface area contributed by atoms with Crippen molar-refractivity contribution in [2.75, 3.05) is 6.54 Å². The number of hydrogen-bond donors (Lipinski definition) is 1. The lowest BCUT2D eigenvalue weighted by molar-refractivity contribution is 0.416. The lowest BCUT2D eigenvalue weighted by atomic mass is 9.79. The molecule has 1 heterocycles. The first kappa shape index (κ1) is 17.8. The van der Waals surface area contributed by atoms with Crippen LogP contribution in [0.25, 0.3) is 0 Å². The highest BCUT2D eigenvalue weighted by Crippen LogP contribution is 2.50. The molecule has 0 saturated carbocycles. The van der Waals surface area contributed by atoms with Gasteiger partial charge in [0.25, 0.3) is 0 Å². The van der Waals surface area contributed by atoms with E-state index in [2.05, 4.69) is 34.0 Å². The average Bonchev–Trinajstić information content (AvgIpc) is 3.02. The van der Waals surface area contributed by atoms with E-state index in [9.17, 15) is 8.42 Å². The molecule has 2 aromatic carbocycles. The molecule has 3 nitrogen and oxygen atoms in total. The Morgan fingerprint density at radius 2 is 2.04 bits per heavy atom. The molecule has 2 atom stereocenters. The highest BCUT2D eigenvalue weighted by Gasteiger charge is 2.56. The number of halogens is 2. The fraction of sp³-hybridized carbons (Fsp3) is 0.368. The molecule has 0 amide bonds. The molecule has 25 heavy (non-hydrogen) atoms. The molecule has 1 aliphatic carbocycles. The van der Waals surface area contributed by atoms with Gasteiger partial charge in [-0.3, -0.25) is 0 Å². The fourth-order valence-electron chi connectivity index (χ4n) is 4.33. The van der Waals surface area contributed by atoms with Crippen molar-refractivity contribution < 1.29 is 8.42 Å². The molecule has 2 unspecified atom stereocenters. The zero-order valence-electron chi connectivity index (χ0n) is 13.9. The standard InChI is InChI=1S/C19H19ClINO2S/c1-12-2-5-15(11-17(12)20)25(23,24)19-8-9-22-18(19)7-3-13-10-14(21)4-6-16(13)19/h2,4-6,10-11,18,22H,3,7-9H2,1H3. The number of aryl methyl sites for hydroxylation is 2. The van der Waals surface area contributed by atoms with Gasteiger partial charge in [-0.1, -0.05) is 23.7 Å². The Labute approximate surface area is 167 Å². The second-order valence-corrected chi connectivity index (χ2v) is 10.8. The van der Waals surface area contributed by atoms with Crippen LogP contribution in [0.15, 0.2) is 41.3 Å². The Balaban J connectivity index is 1.96. The molecule has 0 aromatic heterocycles. The van der Waals surface area contributed by atoms with E-state index < -0.39 is 14.6 Å². The monoisotopic (exact) mass is 487 g/mol. The van der Waals surface area contributed by atoms with Gasteiger partial charge in [-0.05, 0) is 96.3 Å². The third-order valence-electron chi connectivity index (χ3n) is 5.61. The summed E-state index contributed by atoms with van der Waals surface area (Å²) in [5, 5.41) is 3.94. The van der Waals surface area contributed by atoms with Gasteiger partial charge in [-0.15, -0.1) is 0 Å². The van der Waals surface area contributed by atoms with Gasteiger partial charge in [-0.2, -0.15) is 0 Å². The molecule has 0 spiro atoms. The summed E-state index contributed by atoms with van der Waals surface area (Å²) in [4.78, 5) is 0.322. The quantitative estimate of drug-likeness (QED) is 0.645. The van der Waals surface area contributed by atoms with Gasteiger partial charge < -0.3 is 5.32 Å². The first-order valence-electron chi connectivity index (χ1n) is 8.39. The van der Waals surface area contributed by atoms with Gasteiger partial charge in [0, 0.05) is 14.6 Å². The topological polar surface area (TPSA) is 46.2 Å². The Morgan fingerprint density at radius 3 is 2.80 bits per heavy atom. The van der Waals surface area contributed by atoms with E-state index in [4.69, 9.17) is 11.6 Å². The first-order chi connectivity index (χ1) is 11.9. The van der Waals surface area contributed by atoms with Crippen molar-refractivity contribution in [3.63, 3.8) is 0 Å². The number of hydrogen-bond acceptors (Lipinski definition) is 3. The van der Waals surface area contributed by atoms with Gasteiger partial charge in [-0.25, -0.2) is 8.42 Å². The van der Waals surface area contributed by atoms with Crippen LogP contribution in [-0.2, 0) is 21.0 Å². The lowest BCUT2D eigenvalue weighted by Gasteiger charge is -2.40. The summed E-state index contributed by atoms with van der Waals surface area (Å²) in [6.45, 7) is 2.60. The molecular weight excluding hydrogens is 469 g/mol. The smallest absolute Gasteiger partial charge is 0.189 e. The minimum Gasteiger partial charge on any atom is -0.312 e. The zero-order chi connectivity index (χ0) is 17.8. The van der Waals surface area contributed by atoms with Gasteiger partial charge in [0.1, 0.15) is 4.75 Å². The van der Waals surface area contributed by atoms with Crippen molar-refractivity contribution >= 4 is 44.0 Å². The van der Waals surface area contributed by atoms with Crippen LogP contribution in [-0.4, -0.2) is 21.0 Å². The average molecular weight is 488 g/mol. The predicted octanol–water partition coefficient (Wildman–Crippen LogP) is 4.23. The van der Waals surface area contributed by atoms with Crippen LogP contribution in [0.1, 0.15) is 29.5 Å². The summed E-state index contributed by atoms with van der Waals surface area (Å²) < 4.78 is 27.8. The summed E-state index contributed by atoms with van der Waals surface area (Å²) in [6, 6.07) is 11.2. The van der Waals surface area contributed by atoms with Crippen LogP contribution in [0.5, 0.6) is 0 Å². The molecule has 0 radical (unpaired) electrons. The number of fused-ring (bicyclic) bond motifs is 3. The predicted molar refractivity (Wildman–Crippen MR) is 109 cm³/mol. The van der Waals surface area contributed by atoms with Crippen molar-refractivity contribution in [1.29, 1.82) is 0 Å². The van der Waals surface area contributed by atoms with E-state index in [1.54, 1.807) is 18.2 Å². The molecule has 1 aliphatic heterocycles. The molecule has 4 rings (SSSR count). The molecule has 0 bridgehead atoms. The van der Waals surface area contributed by atoms with Crippen LogP contribution in [0.3, 0.4) is 0 Å². The largest absolute Gasteiger partial charge is 0.312 e. The molecule has 1 fully saturated rings. The number of sulfone groups is 1. The second-order valence-electron chi connectivity index (χ2n) is 6.90. The van der Waals surface area contributed by atoms with Gasteiger partial charge in [0.15, 0.2) is 9.84 Å². The van der Waals surface area contributed by atoms with E-state index in [0.717, 1.165) is 39.6 Å². The summed E-state index contributed by atoms with van der Waals surface area (Å²) in [7, 11) is -3.58. The molecular formula is C19H19ClINO2S. The van der Waals surface area contributed by atoms with Gasteiger partial charge >= 0.3 is 0 Å². The zero-order valence-corrected chi connectivity index (χ0v) is 17.6. The van der Waals surface area contributed by atoms with E-state index in [1.807, 2.05) is 19.1 Å². The minimum atomic E-state index is -3.58. The third kappa shape index (κ3) is 2.58. The maximum Gasteiger partial charge on any atom is 0.189 e. The Kier molecular flexibility index (Phi) is 4.42. The van der Waals surface area contributed by atoms with Crippen molar-refractivity contribution in [3.05, 3.63) is 61.7 Å². The fourth-order valence-corrected chi connectivity index (χ4v) is 7.50. The van der Waals surface area contributed by atoms with Crippen molar-refractivity contribution in [2.24, 2.45) is 0 Å². The molecule has 1 saturated heterocycles. The molecule has 1 N–H and O–H groups in total. The van der Waals surface area contributed by atoms with Gasteiger partial charge in [0.05, 0.1) is 4.90 Å². The summed E-state index contributed by atoms with van der Waals surface area (Å²) in [5.74, 6) is 0. The molecule has 2 aromatic rings. The first-order valence-corrected chi connectivity index (χ1v) is 11.3. The normalized spacial score (nSPS) is 25.5. The molecule has 6 heteroatoms. The minimum absolute atomic E-state index is 0.0508. The Bertz CT molecular complexity index is 960. The maximum atomic E-state index is 13.8. The van der Waals surface area contributed by atoms with E-state index >= 15 is 0 Å². The maximum absolute atomic E-state index is 13.8. The van der Waals surface area contributed by atoms with Crippen molar-refractivity contribution in [3.8, 4) is 0 Å². The van der Waals surface area contributed by atoms with Crippen LogP contribution in [0.2, 0.25) is 5.02 Å². The Morgan fingerprint density at radius 1 is 1.24 bits per heavy atom. The highest BCUT2D eigenvalue weighted by atomic mass is 127.